The number of amides is 1. The number of hydrogen-bond donors (Lipinski definition) is 1. The van der Waals surface area contributed by atoms with Crippen LogP contribution in [-0.4, -0.2) is 16.5 Å². The van der Waals surface area contributed by atoms with Gasteiger partial charge in [-0.1, -0.05) is 40.9 Å². The molecule has 1 N–H and O–H groups in total. The molecule has 3 nitrogen and oxygen atoms in total. The zero-order valence-corrected chi connectivity index (χ0v) is 16.2. The van der Waals surface area contributed by atoms with Crippen LogP contribution in [0.4, 0.5) is 5.69 Å². The van der Waals surface area contributed by atoms with Crippen molar-refractivity contribution in [1.82, 2.24) is 0 Å². The molecule has 0 spiro atoms. The molecule has 0 aliphatic heterocycles. The summed E-state index contributed by atoms with van der Waals surface area (Å²) in [7, 11) is 0. The highest BCUT2D eigenvalue weighted by molar-refractivity contribution is 6.53. The minimum Gasteiger partial charge on any atom is -0.326 e. The lowest BCUT2D eigenvalue weighted by Gasteiger charge is -2.06. The lowest BCUT2D eigenvalue weighted by atomic mass is 10.1. The summed E-state index contributed by atoms with van der Waals surface area (Å²) in [5.41, 5.74) is 1.43. The number of carbonyl (C=O) groups excluding carboxylic acids is 2. The number of anilines is 1. The van der Waals surface area contributed by atoms with Crippen molar-refractivity contribution in [3.63, 3.8) is 0 Å². The molecular formula is C17H10Cl5NO2. The molecule has 1 unspecified atom stereocenters. The standard InChI is InChI=1S/C17H10Cl5NO2/c18-11-4-2-10(5-9(11)7-24)23-16(25)15-14(17(15,21)22)8-1-3-12(19)13(20)6-8/h1-7,14-15H,(H,23,25)/t14-,15?/m0/s1. The SMILES string of the molecule is O=Cc1cc(NC(=O)C2[C@H](c3ccc(Cl)c(Cl)c3)C2(Cl)Cl)ccc1Cl. The van der Waals surface area contributed by atoms with Crippen LogP contribution >= 0.6 is 58.0 Å². The Morgan fingerprint density at radius 1 is 1.00 bits per heavy atom. The molecule has 0 radical (unpaired) electrons. The molecule has 2 atom stereocenters. The van der Waals surface area contributed by atoms with E-state index >= 15 is 0 Å². The summed E-state index contributed by atoms with van der Waals surface area (Å²) in [5.74, 6) is -1.44. The minimum atomic E-state index is -1.25. The van der Waals surface area contributed by atoms with Crippen LogP contribution in [0.2, 0.25) is 15.1 Å². The van der Waals surface area contributed by atoms with Crippen LogP contribution in [0.3, 0.4) is 0 Å². The fourth-order valence-electron chi connectivity index (χ4n) is 2.71. The van der Waals surface area contributed by atoms with Crippen molar-refractivity contribution in [2.45, 2.75) is 10.3 Å². The molecule has 130 valence electrons. The number of alkyl halides is 2. The Morgan fingerprint density at radius 2 is 1.68 bits per heavy atom. The molecule has 0 heterocycles. The number of hydrogen-bond acceptors (Lipinski definition) is 2. The average Bonchev–Trinajstić information content (AvgIpc) is 3.14. The number of carbonyl (C=O) groups is 2. The topological polar surface area (TPSA) is 46.2 Å². The van der Waals surface area contributed by atoms with E-state index in [9.17, 15) is 9.59 Å². The predicted molar refractivity (Wildman–Crippen MR) is 103 cm³/mol. The quantitative estimate of drug-likeness (QED) is 0.472. The van der Waals surface area contributed by atoms with Crippen molar-refractivity contribution >= 4 is 75.9 Å². The van der Waals surface area contributed by atoms with Gasteiger partial charge in [0.25, 0.3) is 0 Å². The molecule has 2 aromatic carbocycles. The molecular weight excluding hydrogens is 427 g/mol. The van der Waals surface area contributed by atoms with E-state index < -0.39 is 16.2 Å². The van der Waals surface area contributed by atoms with Crippen LogP contribution in [0, 0.1) is 5.92 Å². The number of nitrogens with one attached hydrogen (secondary N) is 1. The van der Waals surface area contributed by atoms with Gasteiger partial charge >= 0.3 is 0 Å². The van der Waals surface area contributed by atoms with E-state index in [2.05, 4.69) is 5.32 Å². The molecule has 0 aromatic heterocycles. The van der Waals surface area contributed by atoms with Crippen LogP contribution in [-0.2, 0) is 4.79 Å². The van der Waals surface area contributed by atoms with Gasteiger partial charge in [-0.3, -0.25) is 9.59 Å². The monoisotopic (exact) mass is 435 g/mol. The van der Waals surface area contributed by atoms with Crippen LogP contribution in [0.25, 0.3) is 0 Å². The Kier molecular flexibility index (Phi) is 5.25. The smallest absolute Gasteiger partial charge is 0.231 e. The van der Waals surface area contributed by atoms with Gasteiger partial charge in [0.05, 0.1) is 21.0 Å². The summed E-state index contributed by atoms with van der Waals surface area (Å²) in [6, 6.07) is 9.61. The maximum Gasteiger partial charge on any atom is 0.231 e. The molecule has 1 aliphatic rings. The fraction of sp³-hybridized carbons (Fsp3) is 0.176. The zero-order chi connectivity index (χ0) is 18.4. The molecule has 1 fully saturated rings. The van der Waals surface area contributed by atoms with Crippen molar-refractivity contribution < 1.29 is 9.59 Å². The van der Waals surface area contributed by atoms with E-state index in [4.69, 9.17) is 58.0 Å². The molecule has 0 bridgehead atoms. The van der Waals surface area contributed by atoms with E-state index in [0.717, 1.165) is 5.56 Å². The number of benzene rings is 2. The summed E-state index contributed by atoms with van der Waals surface area (Å²) in [6.07, 6.45) is 0.612. The van der Waals surface area contributed by atoms with E-state index in [1.807, 2.05) is 0 Å². The first-order valence-corrected chi connectivity index (χ1v) is 9.03. The van der Waals surface area contributed by atoms with Gasteiger partial charge in [0.15, 0.2) is 6.29 Å². The maximum absolute atomic E-state index is 12.6. The van der Waals surface area contributed by atoms with Crippen molar-refractivity contribution in [2.75, 3.05) is 5.32 Å². The summed E-state index contributed by atoms with van der Waals surface area (Å²) in [6.45, 7) is 0. The van der Waals surface area contributed by atoms with E-state index in [0.29, 0.717) is 27.0 Å². The number of halogens is 5. The summed E-state index contributed by atoms with van der Waals surface area (Å²) in [5, 5.41) is 3.78. The normalized spacial score (nSPS) is 20.8. The Hall–Kier alpha value is -0.970. The third-order valence-electron chi connectivity index (χ3n) is 4.03. The number of aldehydes is 1. The second kappa shape index (κ2) is 6.98. The summed E-state index contributed by atoms with van der Waals surface area (Å²) >= 11 is 30.4. The molecule has 2 aromatic rings. The fourth-order valence-corrected chi connectivity index (χ4v) is 4.00. The first-order chi connectivity index (χ1) is 11.8. The number of rotatable bonds is 4. The highest BCUT2D eigenvalue weighted by Gasteiger charge is 2.67. The largest absolute Gasteiger partial charge is 0.326 e. The first kappa shape index (κ1) is 18.8. The van der Waals surface area contributed by atoms with E-state index in [1.54, 1.807) is 24.3 Å². The van der Waals surface area contributed by atoms with Crippen molar-refractivity contribution in [2.24, 2.45) is 5.92 Å². The van der Waals surface area contributed by atoms with Gasteiger partial charge in [0.2, 0.25) is 5.91 Å². The Bertz CT molecular complexity index is 868. The molecule has 1 aliphatic carbocycles. The second-order valence-electron chi connectivity index (χ2n) is 5.65. The molecule has 0 saturated heterocycles. The van der Waals surface area contributed by atoms with Gasteiger partial charge in [0, 0.05) is 17.2 Å². The van der Waals surface area contributed by atoms with Gasteiger partial charge in [-0.15, -0.1) is 23.2 Å². The highest BCUT2D eigenvalue weighted by atomic mass is 35.5. The third kappa shape index (κ3) is 3.62. The van der Waals surface area contributed by atoms with Gasteiger partial charge in [0.1, 0.15) is 4.33 Å². The summed E-state index contributed by atoms with van der Waals surface area (Å²) in [4.78, 5) is 23.5. The van der Waals surface area contributed by atoms with Gasteiger partial charge in [-0.25, -0.2) is 0 Å². The molecule has 1 saturated carbocycles. The lowest BCUT2D eigenvalue weighted by Crippen LogP contribution is -2.17. The predicted octanol–water partition coefficient (Wildman–Crippen LogP) is 5.99. The molecule has 8 heteroatoms. The van der Waals surface area contributed by atoms with Gasteiger partial charge < -0.3 is 5.32 Å². The van der Waals surface area contributed by atoms with Crippen molar-refractivity contribution in [3.8, 4) is 0 Å². The highest BCUT2D eigenvalue weighted by Crippen LogP contribution is 2.65. The molecule has 1 amide bonds. The Labute approximate surface area is 169 Å². The third-order valence-corrected chi connectivity index (χ3v) is 6.05. The van der Waals surface area contributed by atoms with Crippen molar-refractivity contribution in [1.29, 1.82) is 0 Å². The van der Waals surface area contributed by atoms with Crippen LogP contribution in [0.15, 0.2) is 36.4 Å². The van der Waals surface area contributed by atoms with Gasteiger partial charge in [-0.2, -0.15) is 0 Å². The van der Waals surface area contributed by atoms with Crippen molar-refractivity contribution in [3.05, 3.63) is 62.6 Å². The van der Waals surface area contributed by atoms with Crippen LogP contribution in [0.1, 0.15) is 21.8 Å². The Morgan fingerprint density at radius 3 is 2.32 bits per heavy atom. The second-order valence-corrected chi connectivity index (χ2v) is 8.31. The average molecular weight is 438 g/mol. The lowest BCUT2D eigenvalue weighted by molar-refractivity contribution is -0.117. The first-order valence-electron chi connectivity index (χ1n) is 7.14. The minimum absolute atomic E-state index is 0.277. The van der Waals surface area contributed by atoms with Crippen LogP contribution < -0.4 is 5.32 Å². The van der Waals surface area contributed by atoms with Gasteiger partial charge in [-0.05, 0) is 35.9 Å². The summed E-state index contributed by atoms with van der Waals surface area (Å²) < 4.78 is -1.25. The zero-order valence-electron chi connectivity index (χ0n) is 12.4. The van der Waals surface area contributed by atoms with Crippen LogP contribution in [0.5, 0.6) is 0 Å². The van der Waals surface area contributed by atoms with E-state index in [1.165, 1.54) is 12.1 Å². The Balaban J connectivity index is 1.80. The van der Waals surface area contributed by atoms with E-state index in [-0.39, 0.29) is 11.5 Å². The maximum atomic E-state index is 12.6. The molecule has 3 rings (SSSR count). The molecule has 25 heavy (non-hydrogen) atoms.